The van der Waals surface area contributed by atoms with Crippen LogP contribution in [0.3, 0.4) is 0 Å². The summed E-state index contributed by atoms with van der Waals surface area (Å²) in [5.74, 6) is 0.638. The molecule has 1 unspecified atom stereocenters. The molecule has 2 aliphatic heterocycles. The van der Waals surface area contributed by atoms with Crippen molar-refractivity contribution in [3.05, 3.63) is 59.2 Å². The molecule has 0 radical (unpaired) electrons. The Kier molecular flexibility index (Phi) is 4.31. The third kappa shape index (κ3) is 2.70. The highest BCUT2D eigenvalue weighted by molar-refractivity contribution is 6.07. The van der Waals surface area contributed by atoms with E-state index in [-0.39, 0.29) is 18.3 Å². The van der Waals surface area contributed by atoms with Gasteiger partial charge in [-0.1, -0.05) is 25.1 Å². The zero-order valence-corrected chi connectivity index (χ0v) is 14.0. The summed E-state index contributed by atoms with van der Waals surface area (Å²) in [7, 11) is 0. The molecule has 0 bridgehead atoms. The first-order valence-corrected chi connectivity index (χ1v) is 8.01. The molecule has 0 aromatic heterocycles. The molecule has 0 aliphatic carbocycles. The summed E-state index contributed by atoms with van der Waals surface area (Å²) in [6.07, 6.45) is 2.03. The fourth-order valence-corrected chi connectivity index (χ4v) is 3.55. The van der Waals surface area contributed by atoms with E-state index in [4.69, 9.17) is 0 Å². The molecule has 1 N–H and O–H groups in total. The van der Waals surface area contributed by atoms with E-state index >= 15 is 0 Å². The Balaban J connectivity index is 0.00000156. The lowest BCUT2D eigenvalue weighted by Crippen LogP contribution is -2.36. The molecule has 0 spiro atoms. The van der Waals surface area contributed by atoms with E-state index in [1.807, 2.05) is 23.1 Å². The second-order valence-electron chi connectivity index (χ2n) is 6.25. The van der Waals surface area contributed by atoms with Gasteiger partial charge in [0.05, 0.1) is 0 Å². The van der Waals surface area contributed by atoms with Crippen molar-refractivity contribution in [2.24, 2.45) is 0 Å². The third-order valence-corrected chi connectivity index (χ3v) is 4.85. The van der Waals surface area contributed by atoms with Crippen LogP contribution >= 0.6 is 12.4 Å². The molecule has 23 heavy (non-hydrogen) atoms. The molecule has 2 aliphatic rings. The Labute approximate surface area is 143 Å². The quantitative estimate of drug-likeness (QED) is 0.849. The van der Waals surface area contributed by atoms with Crippen LogP contribution in [0.4, 0.5) is 11.4 Å². The van der Waals surface area contributed by atoms with E-state index in [9.17, 15) is 4.79 Å². The minimum Gasteiger partial charge on any atom is -0.384 e. The minimum absolute atomic E-state index is 0. The molecule has 0 saturated heterocycles. The van der Waals surface area contributed by atoms with Crippen LogP contribution in [0.15, 0.2) is 42.5 Å². The number of nitrogens with zero attached hydrogens (tertiary/aromatic N) is 1. The van der Waals surface area contributed by atoms with Gasteiger partial charge in [0.15, 0.2) is 0 Å². The van der Waals surface area contributed by atoms with E-state index in [2.05, 4.69) is 36.5 Å². The van der Waals surface area contributed by atoms with Crippen LogP contribution < -0.4 is 10.2 Å². The van der Waals surface area contributed by atoms with Crippen LogP contribution in [-0.4, -0.2) is 19.0 Å². The molecule has 2 aromatic carbocycles. The maximum Gasteiger partial charge on any atom is 0.258 e. The molecule has 1 atom stereocenters. The number of hydrogen-bond acceptors (Lipinski definition) is 2. The van der Waals surface area contributed by atoms with Gasteiger partial charge in [-0.2, -0.15) is 0 Å². The van der Waals surface area contributed by atoms with Crippen molar-refractivity contribution < 1.29 is 4.79 Å². The first-order chi connectivity index (χ1) is 10.7. The molecule has 0 fully saturated rings. The maximum absolute atomic E-state index is 13.0. The monoisotopic (exact) mass is 328 g/mol. The number of para-hydroxylation sites is 1. The number of halogens is 1. The first kappa shape index (κ1) is 15.9. The van der Waals surface area contributed by atoms with Crippen LogP contribution in [-0.2, 0) is 6.42 Å². The van der Waals surface area contributed by atoms with Crippen LogP contribution in [0.25, 0.3) is 0 Å². The molecule has 3 nitrogen and oxygen atoms in total. The number of amides is 1. The molecule has 2 heterocycles. The summed E-state index contributed by atoms with van der Waals surface area (Å²) in [5.41, 5.74) is 5.58. The Morgan fingerprint density at radius 3 is 2.91 bits per heavy atom. The zero-order chi connectivity index (χ0) is 15.1. The lowest BCUT2D eigenvalue weighted by molar-refractivity contribution is 0.0984. The summed E-state index contributed by atoms with van der Waals surface area (Å²) < 4.78 is 0. The average Bonchev–Trinajstić information content (AvgIpc) is 3.02. The molecule has 1 amide bonds. The van der Waals surface area contributed by atoms with Gasteiger partial charge in [0, 0.05) is 30.0 Å². The van der Waals surface area contributed by atoms with Gasteiger partial charge in [0.1, 0.15) is 0 Å². The molecular formula is C19H21ClN2O. The molecular weight excluding hydrogens is 308 g/mol. The van der Waals surface area contributed by atoms with E-state index < -0.39 is 0 Å². The largest absolute Gasteiger partial charge is 0.384 e. The number of carbonyl (C=O) groups excluding carboxylic acids is 1. The first-order valence-electron chi connectivity index (χ1n) is 8.01. The van der Waals surface area contributed by atoms with Crippen molar-refractivity contribution in [1.29, 1.82) is 0 Å². The molecule has 4 heteroatoms. The van der Waals surface area contributed by atoms with E-state index in [1.165, 1.54) is 16.8 Å². The van der Waals surface area contributed by atoms with Crippen molar-refractivity contribution in [2.45, 2.75) is 25.7 Å². The molecule has 0 saturated carbocycles. The van der Waals surface area contributed by atoms with Gasteiger partial charge in [-0.25, -0.2) is 0 Å². The van der Waals surface area contributed by atoms with Gasteiger partial charge >= 0.3 is 0 Å². The Morgan fingerprint density at radius 1 is 1.22 bits per heavy atom. The predicted molar refractivity (Wildman–Crippen MR) is 97.0 cm³/mol. The highest BCUT2D eigenvalue weighted by Crippen LogP contribution is 2.35. The number of carbonyl (C=O) groups is 1. The lowest BCUT2D eigenvalue weighted by Gasteiger charge is -2.33. The van der Waals surface area contributed by atoms with Crippen molar-refractivity contribution in [2.75, 3.05) is 23.3 Å². The Hall–Kier alpha value is -2.00. The molecule has 2 aromatic rings. The highest BCUT2D eigenvalue weighted by Gasteiger charge is 2.27. The fraction of sp³-hybridized carbons (Fsp3) is 0.316. The van der Waals surface area contributed by atoms with Crippen molar-refractivity contribution >= 4 is 29.7 Å². The van der Waals surface area contributed by atoms with Gasteiger partial charge in [0.2, 0.25) is 0 Å². The van der Waals surface area contributed by atoms with Gasteiger partial charge in [-0.15, -0.1) is 12.4 Å². The SMILES string of the molecule is CC1CCN(C(=O)c2ccc3c(c2)CCN3)c2ccccc21.Cl. The van der Waals surface area contributed by atoms with Gasteiger partial charge in [0.25, 0.3) is 5.91 Å². The minimum atomic E-state index is 0. The van der Waals surface area contributed by atoms with Crippen molar-refractivity contribution in [3.63, 3.8) is 0 Å². The van der Waals surface area contributed by atoms with Crippen LogP contribution in [0.1, 0.15) is 40.7 Å². The average molecular weight is 329 g/mol. The zero-order valence-electron chi connectivity index (χ0n) is 13.2. The molecule has 120 valence electrons. The predicted octanol–water partition coefficient (Wildman–Crippen LogP) is 4.23. The van der Waals surface area contributed by atoms with Crippen LogP contribution in [0.5, 0.6) is 0 Å². The van der Waals surface area contributed by atoms with E-state index in [0.29, 0.717) is 5.92 Å². The number of fused-ring (bicyclic) bond motifs is 2. The summed E-state index contributed by atoms with van der Waals surface area (Å²) in [5, 5.41) is 3.34. The second-order valence-corrected chi connectivity index (χ2v) is 6.25. The normalized spacial score (nSPS) is 18.5. The summed E-state index contributed by atoms with van der Waals surface area (Å²) in [4.78, 5) is 14.9. The van der Waals surface area contributed by atoms with E-state index in [1.54, 1.807) is 0 Å². The van der Waals surface area contributed by atoms with Gasteiger partial charge < -0.3 is 10.2 Å². The Morgan fingerprint density at radius 2 is 2.04 bits per heavy atom. The third-order valence-electron chi connectivity index (χ3n) is 4.85. The second kappa shape index (κ2) is 6.25. The number of hydrogen-bond donors (Lipinski definition) is 1. The highest BCUT2D eigenvalue weighted by atomic mass is 35.5. The fourth-order valence-electron chi connectivity index (χ4n) is 3.55. The van der Waals surface area contributed by atoms with Crippen molar-refractivity contribution in [1.82, 2.24) is 0 Å². The lowest BCUT2D eigenvalue weighted by atomic mass is 9.91. The standard InChI is InChI=1S/C19H20N2O.ClH/c1-13-9-11-21(18-5-3-2-4-16(13)18)19(22)15-6-7-17-14(12-15)8-10-20-17;/h2-7,12-13,20H,8-11H2,1H3;1H. The van der Waals surface area contributed by atoms with Crippen LogP contribution in [0.2, 0.25) is 0 Å². The smallest absolute Gasteiger partial charge is 0.258 e. The number of nitrogens with one attached hydrogen (secondary N) is 1. The van der Waals surface area contributed by atoms with Gasteiger partial charge in [-0.05, 0) is 54.2 Å². The van der Waals surface area contributed by atoms with Crippen molar-refractivity contribution in [3.8, 4) is 0 Å². The van der Waals surface area contributed by atoms with Crippen LogP contribution in [0, 0.1) is 0 Å². The maximum atomic E-state index is 13.0. The number of benzene rings is 2. The number of rotatable bonds is 1. The topological polar surface area (TPSA) is 32.3 Å². The Bertz CT molecular complexity index is 744. The number of anilines is 2. The molecule has 4 rings (SSSR count). The summed E-state index contributed by atoms with van der Waals surface area (Å²) in [6, 6.07) is 14.3. The summed E-state index contributed by atoms with van der Waals surface area (Å²) in [6.45, 7) is 4.01. The summed E-state index contributed by atoms with van der Waals surface area (Å²) >= 11 is 0. The van der Waals surface area contributed by atoms with Gasteiger partial charge in [-0.3, -0.25) is 4.79 Å². The van der Waals surface area contributed by atoms with E-state index in [0.717, 1.165) is 37.2 Å².